The number of likely N-dealkylation sites (tertiary alicyclic amines) is 2. The number of H-pyrrole nitrogens is 1. The van der Waals surface area contributed by atoms with Crippen LogP contribution in [0.4, 0.5) is 18.9 Å². The Balaban J connectivity index is 0.772. The lowest BCUT2D eigenvalue weighted by Crippen LogP contribution is -2.59. The summed E-state index contributed by atoms with van der Waals surface area (Å²) < 4.78 is 51.9. The van der Waals surface area contributed by atoms with Crippen molar-refractivity contribution in [2.75, 3.05) is 31.6 Å². The van der Waals surface area contributed by atoms with E-state index in [9.17, 15) is 42.3 Å². The Kier molecular flexibility index (Phi) is 12.8. The Morgan fingerprint density at radius 3 is 2.49 bits per heavy atom. The summed E-state index contributed by atoms with van der Waals surface area (Å²) in [5.41, 5.74) is 2.60. The Labute approximate surface area is 423 Å². The molecule has 6 atom stereocenters. The number of alkyl halides is 3. The van der Waals surface area contributed by atoms with Gasteiger partial charge >= 0.3 is 0 Å². The number of β-amino-alcohol motifs (C(OH)–C–C–N with tert-alkyl or cyclic N) is 1. The molecule has 10 rings (SSSR count). The molecule has 4 fully saturated rings. The van der Waals surface area contributed by atoms with Gasteiger partial charge in [-0.3, -0.25) is 33.8 Å². The molecule has 3 aliphatic carbocycles. The van der Waals surface area contributed by atoms with E-state index in [0.717, 1.165) is 21.7 Å². The molecule has 5 amide bonds. The van der Waals surface area contributed by atoms with Gasteiger partial charge in [0.05, 0.1) is 53.1 Å². The van der Waals surface area contributed by atoms with Crippen molar-refractivity contribution in [3.05, 3.63) is 100 Å². The minimum Gasteiger partial charge on any atom is -0.493 e. The molecule has 5 heterocycles. The molecule has 73 heavy (non-hydrogen) atoms. The van der Waals surface area contributed by atoms with Gasteiger partial charge in [-0.25, -0.2) is 18.2 Å². The van der Waals surface area contributed by atoms with Crippen LogP contribution >= 0.6 is 11.3 Å². The Bertz CT molecular complexity index is 2960. The number of nitrogens with zero attached hydrogens (tertiary/aromatic N) is 6. The van der Waals surface area contributed by atoms with Crippen molar-refractivity contribution in [2.24, 2.45) is 22.7 Å². The standard InChI is InChI=1S/C52H59F3N10O7S/c1-28-43(73-27-57-28)30-11-12-31(21-56-45(68)37-18-34(66)26-64(37)47(70)44(49(2,3)4)60-48(71)51(53)14-15-51)38(17-30)72-16-13-40(67)63-23-32(24-63)42(29-9-7-6-8-10-29)65-25-33(22-58-65)59-46(69)41-35-19-39-50(5,52(39,54)55)20-36(35)61-62-41/h6-12,17,22,25,27,32,34,37,39,42,44,66H,13-16,18-21,23-24,26H2,1-5H3,(H,56,68)(H,59,69)(H,60,71)(H,61,62)/t34?,37?,39-,42+,44+,50+/m0/s1. The second-order valence-corrected chi connectivity index (χ2v) is 22.5. The van der Waals surface area contributed by atoms with Crippen LogP contribution in [-0.4, -0.2) is 125 Å². The van der Waals surface area contributed by atoms with Crippen LogP contribution in [0.15, 0.2) is 66.4 Å². The summed E-state index contributed by atoms with van der Waals surface area (Å²) in [5.74, 6) is -5.83. The first kappa shape index (κ1) is 49.9. The number of hydrogen-bond donors (Lipinski definition) is 5. The first-order valence-corrected chi connectivity index (χ1v) is 25.6. The summed E-state index contributed by atoms with van der Waals surface area (Å²) in [6.45, 7) is 9.42. The van der Waals surface area contributed by atoms with E-state index in [1.165, 1.54) is 22.4 Å². The highest BCUT2D eigenvalue weighted by atomic mass is 32.1. The molecule has 2 aliphatic heterocycles. The molecule has 2 unspecified atom stereocenters. The SMILES string of the molecule is Cc1ncsc1-c1ccc(CNC(=O)C2CC(O)CN2C(=O)[C@@H](NC(=O)C2(F)CC2)C(C)(C)C)c(OCCC(=O)N2CC([C@@H](c3ccccc3)n3cc(NC(=O)c4n[nH]c5c4C[C@@H]4C(F)(F)[C@]4(C)C5)cn3)C2)c1. The predicted octanol–water partition coefficient (Wildman–Crippen LogP) is 5.79. The number of aromatic amines is 1. The van der Waals surface area contributed by atoms with E-state index in [-0.39, 0.29) is 81.8 Å². The van der Waals surface area contributed by atoms with Gasteiger partial charge in [-0.15, -0.1) is 11.3 Å². The number of amides is 5. The van der Waals surface area contributed by atoms with Gasteiger partial charge < -0.3 is 35.6 Å². The maximum atomic E-state index is 14.7. The van der Waals surface area contributed by atoms with Gasteiger partial charge in [-0.1, -0.05) is 70.2 Å². The third-order valence-electron chi connectivity index (χ3n) is 15.4. The topological polar surface area (TPSA) is 217 Å². The number of aryl methyl sites for hydroxylation is 1. The number of rotatable bonds is 16. The van der Waals surface area contributed by atoms with E-state index in [2.05, 4.69) is 36.2 Å². The normalized spacial score (nSPS) is 23.3. The van der Waals surface area contributed by atoms with Crippen LogP contribution in [0.3, 0.4) is 0 Å². The number of fused-ring (bicyclic) bond motifs is 2. The molecule has 3 aromatic heterocycles. The molecule has 2 aromatic carbocycles. The number of benzene rings is 2. The fourth-order valence-corrected chi connectivity index (χ4v) is 11.5. The van der Waals surface area contributed by atoms with Crippen LogP contribution in [0.5, 0.6) is 5.75 Å². The second-order valence-electron chi connectivity index (χ2n) is 21.6. The van der Waals surface area contributed by atoms with Gasteiger partial charge in [0.2, 0.25) is 17.7 Å². The summed E-state index contributed by atoms with van der Waals surface area (Å²) in [5, 5.41) is 30.7. The predicted molar refractivity (Wildman–Crippen MR) is 262 cm³/mol. The highest BCUT2D eigenvalue weighted by Crippen LogP contribution is 2.70. The minimum absolute atomic E-state index is 0.0115. The average Bonchev–Trinajstić information content (AvgIpc) is 3.71. The zero-order valence-electron chi connectivity index (χ0n) is 41.2. The third-order valence-corrected chi connectivity index (χ3v) is 16.4. The molecule has 0 spiro atoms. The number of carbonyl (C=O) groups is 5. The van der Waals surface area contributed by atoms with Gasteiger partial charge in [0.25, 0.3) is 17.7 Å². The highest BCUT2D eigenvalue weighted by molar-refractivity contribution is 7.13. The van der Waals surface area contributed by atoms with Gasteiger partial charge in [0, 0.05) is 79.3 Å². The van der Waals surface area contributed by atoms with Gasteiger partial charge in [0.1, 0.15) is 17.8 Å². The zero-order chi connectivity index (χ0) is 51.8. The van der Waals surface area contributed by atoms with E-state index in [0.29, 0.717) is 41.3 Å². The van der Waals surface area contributed by atoms with E-state index in [1.54, 1.807) is 49.0 Å². The van der Waals surface area contributed by atoms with Crippen molar-refractivity contribution >= 4 is 46.6 Å². The quantitative estimate of drug-likeness (QED) is 0.0802. The first-order chi connectivity index (χ1) is 34.6. The molecule has 2 saturated heterocycles. The molecule has 0 bridgehead atoms. The summed E-state index contributed by atoms with van der Waals surface area (Å²) in [4.78, 5) is 76.1. The van der Waals surface area contributed by atoms with Gasteiger partial charge in [-0.05, 0) is 48.8 Å². The van der Waals surface area contributed by atoms with E-state index in [4.69, 9.17) is 4.74 Å². The fraction of sp³-hybridized carbons (Fsp3) is 0.500. The maximum absolute atomic E-state index is 14.7. The lowest BCUT2D eigenvalue weighted by Gasteiger charge is -2.43. The number of halogens is 3. The average molecular weight is 1030 g/mol. The minimum atomic E-state index is -2.79. The van der Waals surface area contributed by atoms with E-state index >= 15 is 0 Å². The number of aliphatic hydroxyl groups excluding tert-OH is 1. The summed E-state index contributed by atoms with van der Waals surface area (Å²) in [6.07, 6.45) is 2.64. The maximum Gasteiger partial charge on any atom is 0.276 e. The van der Waals surface area contributed by atoms with Crippen molar-refractivity contribution in [3.8, 4) is 16.2 Å². The molecule has 5 N–H and O–H groups in total. The number of nitrogens with one attached hydrogen (secondary N) is 4. The molecular formula is C52H59F3N10O7S. The molecule has 0 radical (unpaired) electrons. The summed E-state index contributed by atoms with van der Waals surface area (Å²) >= 11 is 1.46. The van der Waals surface area contributed by atoms with Crippen LogP contribution in [-0.2, 0) is 38.6 Å². The first-order valence-electron chi connectivity index (χ1n) is 24.7. The highest BCUT2D eigenvalue weighted by Gasteiger charge is 2.78. The Morgan fingerprint density at radius 1 is 1.04 bits per heavy atom. The number of aliphatic hydroxyl groups is 1. The lowest BCUT2D eigenvalue weighted by molar-refractivity contribution is -0.145. The number of hydrogen-bond acceptors (Lipinski definition) is 11. The molecule has 386 valence electrons. The molecule has 21 heteroatoms. The fourth-order valence-electron chi connectivity index (χ4n) is 10.7. The number of thiazole rings is 1. The van der Waals surface area contributed by atoms with E-state index < -0.39 is 70.2 Å². The van der Waals surface area contributed by atoms with Crippen LogP contribution in [0, 0.1) is 29.6 Å². The van der Waals surface area contributed by atoms with Crippen LogP contribution in [0.1, 0.15) is 98.0 Å². The molecule has 5 aliphatic rings. The van der Waals surface area contributed by atoms with Crippen molar-refractivity contribution in [1.29, 1.82) is 0 Å². The van der Waals surface area contributed by atoms with E-state index in [1.807, 2.05) is 55.5 Å². The summed E-state index contributed by atoms with van der Waals surface area (Å²) in [6, 6.07) is 12.8. The zero-order valence-corrected chi connectivity index (χ0v) is 42.0. The van der Waals surface area contributed by atoms with Crippen LogP contribution in [0.2, 0.25) is 0 Å². The second kappa shape index (κ2) is 18.7. The van der Waals surface area contributed by atoms with Crippen molar-refractivity contribution in [3.63, 3.8) is 0 Å². The Hall–Kier alpha value is -6.61. The largest absolute Gasteiger partial charge is 0.493 e. The van der Waals surface area contributed by atoms with Crippen LogP contribution in [0.25, 0.3) is 10.4 Å². The smallest absolute Gasteiger partial charge is 0.276 e. The van der Waals surface area contributed by atoms with Gasteiger partial charge in [-0.2, -0.15) is 10.2 Å². The Morgan fingerprint density at radius 2 is 1.79 bits per heavy atom. The molecule has 5 aromatic rings. The molecule has 2 saturated carbocycles. The lowest BCUT2D eigenvalue weighted by atomic mass is 9.85. The van der Waals surface area contributed by atoms with Crippen molar-refractivity contribution < 1.29 is 47.0 Å². The molecular weight excluding hydrogens is 966 g/mol. The number of ether oxygens (including phenoxy) is 1. The number of anilines is 1. The monoisotopic (exact) mass is 1020 g/mol. The molecule has 17 nitrogen and oxygen atoms in total. The van der Waals surface area contributed by atoms with Crippen molar-refractivity contribution in [1.82, 2.24) is 45.4 Å². The number of carbonyl (C=O) groups excluding carboxylic acids is 5. The summed E-state index contributed by atoms with van der Waals surface area (Å²) in [7, 11) is 0. The number of aromatic nitrogens is 5. The van der Waals surface area contributed by atoms with Crippen molar-refractivity contribution in [2.45, 2.75) is 116 Å². The van der Waals surface area contributed by atoms with Gasteiger partial charge in [0.15, 0.2) is 11.4 Å². The third kappa shape index (κ3) is 9.49. The van der Waals surface area contributed by atoms with Crippen LogP contribution < -0.4 is 20.7 Å².